The van der Waals surface area contributed by atoms with E-state index in [2.05, 4.69) is 252 Å². The van der Waals surface area contributed by atoms with Crippen LogP contribution in [0, 0.1) is 0 Å². The Labute approximate surface area is 377 Å². The van der Waals surface area contributed by atoms with Crippen molar-refractivity contribution < 1.29 is 0 Å². The number of rotatable bonds is 7. The Balaban J connectivity index is 1.10. The van der Waals surface area contributed by atoms with Crippen LogP contribution in [0.2, 0.25) is 0 Å². The number of anilines is 6. The average molecular weight is 833 g/mol. The molecule has 1 atom stereocenters. The van der Waals surface area contributed by atoms with E-state index < -0.39 is 5.41 Å². The Morgan fingerprint density at radius 3 is 1.70 bits per heavy atom. The lowest BCUT2D eigenvalue weighted by Crippen LogP contribution is -2.25. The van der Waals surface area contributed by atoms with Gasteiger partial charge in [-0.05, 0) is 99.4 Å². The van der Waals surface area contributed by atoms with Crippen molar-refractivity contribution in [2.24, 2.45) is 0 Å². The summed E-state index contributed by atoms with van der Waals surface area (Å²) in [6, 6.07) is 89.3. The number of para-hydroxylation sites is 3. The zero-order valence-electron chi connectivity index (χ0n) is 34.9. The maximum Gasteiger partial charge on any atom is 0.0820 e. The van der Waals surface area contributed by atoms with Crippen LogP contribution < -0.4 is 9.80 Å². The van der Waals surface area contributed by atoms with Gasteiger partial charge in [0.2, 0.25) is 0 Å². The van der Waals surface area contributed by atoms with Crippen molar-refractivity contribution in [1.82, 2.24) is 0 Å². The highest BCUT2D eigenvalue weighted by molar-refractivity contribution is 7.20. The number of fused-ring (bicyclic) bond motifs is 13. The summed E-state index contributed by atoms with van der Waals surface area (Å²) in [6.07, 6.45) is 0. The van der Waals surface area contributed by atoms with Crippen LogP contribution in [-0.4, -0.2) is 0 Å². The van der Waals surface area contributed by atoms with Gasteiger partial charge in [-0.2, -0.15) is 0 Å². The van der Waals surface area contributed by atoms with E-state index in [9.17, 15) is 0 Å². The molecule has 0 amide bonds. The average Bonchev–Trinajstić information content (AvgIpc) is 3.99. The fourth-order valence-corrected chi connectivity index (χ4v) is 12.3. The summed E-state index contributed by atoms with van der Waals surface area (Å²) in [5, 5.41) is 3.74. The van der Waals surface area contributed by atoms with Gasteiger partial charge < -0.3 is 9.80 Å². The minimum atomic E-state index is -0.532. The van der Waals surface area contributed by atoms with Crippen molar-refractivity contribution in [1.29, 1.82) is 0 Å². The third kappa shape index (κ3) is 5.32. The molecule has 10 aromatic carbocycles. The number of hydrogen-bond donors (Lipinski definition) is 0. The van der Waals surface area contributed by atoms with Crippen LogP contribution in [0.3, 0.4) is 0 Å². The van der Waals surface area contributed by atoms with Gasteiger partial charge in [0, 0.05) is 54.1 Å². The summed E-state index contributed by atoms with van der Waals surface area (Å²) in [5.41, 5.74) is 17.8. The second-order valence-corrected chi connectivity index (χ2v) is 17.8. The molecule has 1 unspecified atom stereocenters. The summed E-state index contributed by atoms with van der Waals surface area (Å²) in [7, 11) is 0. The SMILES string of the molecule is c1ccc(-c2ccccc2N(c2ccccc2)c2ccc3c(c2)-c2c(sc4ccccc24)C32c3ccccc3-c3c(N(c4ccccc4)c4cccc5ccccc45)cccc32)cc1. The van der Waals surface area contributed by atoms with E-state index in [1.165, 1.54) is 81.5 Å². The van der Waals surface area contributed by atoms with E-state index in [0.29, 0.717) is 0 Å². The van der Waals surface area contributed by atoms with Crippen molar-refractivity contribution in [3.63, 3.8) is 0 Å². The first-order valence-electron chi connectivity index (χ1n) is 22.0. The van der Waals surface area contributed by atoms with Crippen molar-refractivity contribution >= 4 is 66.3 Å². The van der Waals surface area contributed by atoms with Crippen LogP contribution >= 0.6 is 11.3 Å². The standard InChI is InChI=1S/C61H40N2S/c1-4-20-41(21-5-1)46-29-13-16-34-54(46)62(43-24-6-2-7-25-43)45-38-39-52-50(40-45)58-49-31-14-17-37-57(49)64-60(58)61(52)51-32-15-12-30-48(51)59-53(61)33-19-36-56(59)63(44-26-8-3-9-27-44)55-35-18-23-42-22-10-11-28-47(42)55/h1-40H. The molecule has 11 aromatic rings. The van der Waals surface area contributed by atoms with Crippen molar-refractivity contribution in [2.45, 2.75) is 5.41 Å². The third-order valence-corrected chi connectivity index (χ3v) is 14.7. The first kappa shape index (κ1) is 36.7. The lowest BCUT2D eigenvalue weighted by atomic mass is 9.74. The third-order valence-electron chi connectivity index (χ3n) is 13.4. The molecule has 2 aliphatic carbocycles. The van der Waals surface area contributed by atoms with Gasteiger partial charge in [-0.15, -0.1) is 11.3 Å². The van der Waals surface area contributed by atoms with Crippen molar-refractivity contribution in [3.05, 3.63) is 264 Å². The molecule has 0 bridgehead atoms. The van der Waals surface area contributed by atoms with Gasteiger partial charge in [0.1, 0.15) is 0 Å². The molecular formula is C61H40N2S. The second-order valence-electron chi connectivity index (χ2n) is 16.8. The molecule has 0 saturated heterocycles. The minimum absolute atomic E-state index is 0.532. The zero-order chi connectivity index (χ0) is 42.2. The highest BCUT2D eigenvalue weighted by Gasteiger charge is 2.54. The first-order chi connectivity index (χ1) is 31.8. The van der Waals surface area contributed by atoms with Gasteiger partial charge in [-0.1, -0.05) is 182 Å². The molecule has 1 aromatic heterocycles. The minimum Gasteiger partial charge on any atom is -0.310 e. The van der Waals surface area contributed by atoms with E-state index in [4.69, 9.17) is 0 Å². The Kier molecular flexibility index (Phi) is 8.34. The van der Waals surface area contributed by atoms with Crippen LogP contribution in [0.4, 0.5) is 34.1 Å². The van der Waals surface area contributed by atoms with Crippen LogP contribution in [0.1, 0.15) is 21.6 Å². The van der Waals surface area contributed by atoms with Gasteiger partial charge >= 0.3 is 0 Å². The summed E-state index contributed by atoms with van der Waals surface area (Å²) < 4.78 is 1.31. The Bertz CT molecular complexity index is 3570. The molecule has 0 saturated carbocycles. The molecule has 0 radical (unpaired) electrons. The normalized spacial score (nSPS) is 14.3. The molecule has 0 N–H and O–H groups in total. The lowest BCUT2D eigenvalue weighted by molar-refractivity contribution is 0.811. The molecule has 1 spiro atoms. The van der Waals surface area contributed by atoms with Crippen LogP contribution in [0.5, 0.6) is 0 Å². The van der Waals surface area contributed by atoms with E-state index in [-0.39, 0.29) is 0 Å². The predicted molar refractivity (Wildman–Crippen MR) is 270 cm³/mol. The Morgan fingerprint density at radius 2 is 0.891 bits per heavy atom. The number of nitrogens with zero attached hydrogens (tertiary/aromatic N) is 2. The number of hydrogen-bond acceptors (Lipinski definition) is 3. The summed E-state index contributed by atoms with van der Waals surface area (Å²) >= 11 is 1.95. The molecule has 13 rings (SSSR count). The molecule has 64 heavy (non-hydrogen) atoms. The van der Waals surface area contributed by atoms with Gasteiger partial charge in [0.15, 0.2) is 0 Å². The van der Waals surface area contributed by atoms with Crippen LogP contribution in [0.15, 0.2) is 243 Å². The lowest BCUT2D eigenvalue weighted by Gasteiger charge is -2.32. The summed E-state index contributed by atoms with van der Waals surface area (Å²) in [4.78, 5) is 6.32. The van der Waals surface area contributed by atoms with Gasteiger partial charge in [0.05, 0.1) is 22.5 Å². The fourth-order valence-electron chi connectivity index (χ4n) is 10.9. The smallest absolute Gasteiger partial charge is 0.0820 e. The van der Waals surface area contributed by atoms with E-state index in [1.54, 1.807) is 0 Å². The highest BCUT2D eigenvalue weighted by Crippen LogP contribution is 2.68. The summed E-state index contributed by atoms with van der Waals surface area (Å²) in [6.45, 7) is 0. The fraction of sp³-hybridized carbons (Fsp3) is 0.0164. The molecule has 3 heteroatoms. The Morgan fingerprint density at radius 1 is 0.328 bits per heavy atom. The highest BCUT2D eigenvalue weighted by atomic mass is 32.1. The van der Waals surface area contributed by atoms with Crippen molar-refractivity contribution in [2.75, 3.05) is 9.80 Å². The van der Waals surface area contributed by atoms with Crippen molar-refractivity contribution in [3.8, 4) is 33.4 Å². The Hall–Kier alpha value is -7.98. The van der Waals surface area contributed by atoms with Crippen LogP contribution in [-0.2, 0) is 5.41 Å². The largest absolute Gasteiger partial charge is 0.310 e. The van der Waals surface area contributed by atoms with Gasteiger partial charge in [-0.25, -0.2) is 0 Å². The predicted octanol–water partition coefficient (Wildman–Crippen LogP) is 17.0. The maximum atomic E-state index is 2.49. The molecule has 2 nitrogen and oxygen atoms in total. The van der Waals surface area contributed by atoms with E-state index >= 15 is 0 Å². The monoisotopic (exact) mass is 832 g/mol. The first-order valence-corrected chi connectivity index (χ1v) is 22.8. The molecular weight excluding hydrogens is 793 g/mol. The summed E-state index contributed by atoms with van der Waals surface area (Å²) in [5.74, 6) is 0. The maximum absolute atomic E-state index is 2.49. The van der Waals surface area contributed by atoms with Crippen LogP contribution in [0.25, 0.3) is 54.2 Å². The van der Waals surface area contributed by atoms with E-state index in [0.717, 1.165) is 28.4 Å². The quantitative estimate of drug-likeness (QED) is 0.158. The molecule has 0 fully saturated rings. The number of benzene rings is 10. The van der Waals surface area contributed by atoms with E-state index in [1.807, 2.05) is 11.3 Å². The molecule has 0 aliphatic heterocycles. The number of thiophene rings is 1. The van der Waals surface area contributed by atoms with Gasteiger partial charge in [-0.3, -0.25) is 0 Å². The molecule has 1 heterocycles. The zero-order valence-corrected chi connectivity index (χ0v) is 35.7. The van der Waals surface area contributed by atoms with Gasteiger partial charge in [0.25, 0.3) is 0 Å². The molecule has 2 aliphatic rings. The topological polar surface area (TPSA) is 6.48 Å². The second kappa shape index (κ2) is 14.6. The molecule has 300 valence electrons.